The minimum atomic E-state index is -0.971. The van der Waals surface area contributed by atoms with Crippen LogP contribution >= 0.6 is 0 Å². The van der Waals surface area contributed by atoms with E-state index in [0.717, 1.165) is 17.5 Å². The van der Waals surface area contributed by atoms with Gasteiger partial charge in [-0.1, -0.05) is 50.6 Å². The van der Waals surface area contributed by atoms with Gasteiger partial charge in [0.25, 0.3) is 0 Å². The summed E-state index contributed by atoms with van der Waals surface area (Å²) in [5.74, 6) is -0.830. The molecule has 0 aliphatic rings. The number of aliphatic carboxylic acids is 1. The maximum Gasteiger partial charge on any atom is 0.315 e. The normalized spacial score (nSPS) is 15.0. The highest BCUT2D eigenvalue weighted by molar-refractivity contribution is 5.81. The van der Waals surface area contributed by atoms with Crippen molar-refractivity contribution in [3.05, 3.63) is 35.4 Å². The molecule has 1 aromatic carbocycles. The van der Waals surface area contributed by atoms with Crippen molar-refractivity contribution in [2.45, 2.75) is 46.0 Å². The van der Waals surface area contributed by atoms with E-state index in [0.29, 0.717) is 6.42 Å². The number of carbonyl (C=O) groups is 1. The lowest BCUT2D eigenvalue weighted by Gasteiger charge is -2.31. The van der Waals surface area contributed by atoms with E-state index in [-0.39, 0.29) is 12.0 Å². The Hall–Kier alpha value is -1.35. The third kappa shape index (κ3) is 3.80. The van der Waals surface area contributed by atoms with Crippen molar-refractivity contribution < 1.29 is 9.90 Å². The lowest BCUT2D eigenvalue weighted by atomic mass is 9.73. The number of aryl methyl sites for hydroxylation is 1. The SMILES string of the molecule is Cc1ccc(C(CN)(CCC(C)(C)C)C(=O)O)cc1. The van der Waals surface area contributed by atoms with Gasteiger partial charge in [-0.3, -0.25) is 4.79 Å². The highest BCUT2D eigenvalue weighted by Gasteiger charge is 2.39. The summed E-state index contributed by atoms with van der Waals surface area (Å²) in [6.45, 7) is 8.47. The van der Waals surface area contributed by atoms with Crippen LogP contribution in [0.25, 0.3) is 0 Å². The Morgan fingerprint density at radius 1 is 1.16 bits per heavy atom. The van der Waals surface area contributed by atoms with E-state index in [9.17, 15) is 9.90 Å². The van der Waals surface area contributed by atoms with Crippen molar-refractivity contribution in [2.24, 2.45) is 11.1 Å². The molecule has 0 aromatic heterocycles. The molecule has 3 nitrogen and oxygen atoms in total. The fraction of sp³-hybridized carbons (Fsp3) is 0.562. The molecule has 1 rings (SSSR count). The molecule has 1 atom stereocenters. The first-order valence-electron chi connectivity index (χ1n) is 6.72. The zero-order valence-electron chi connectivity index (χ0n) is 12.4. The molecule has 106 valence electrons. The average molecular weight is 263 g/mol. The standard InChI is InChI=1S/C16H25NO2/c1-12-5-7-13(8-6-12)16(11-17,14(18)19)10-9-15(2,3)4/h5-8H,9-11,17H2,1-4H3,(H,18,19). The van der Waals surface area contributed by atoms with Gasteiger partial charge in [0.05, 0.1) is 0 Å². The van der Waals surface area contributed by atoms with Gasteiger partial charge in [0.2, 0.25) is 0 Å². The topological polar surface area (TPSA) is 63.3 Å². The zero-order chi connectivity index (χ0) is 14.7. The zero-order valence-corrected chi connectivity index (χ0v) is 12.4. The molecule has 0 fully saturated rings. The van der Waals surface area contributed by atoms with Gasteiger partial charge in [0.15, 0.2) is 0 Å². The molecule has 19 heavy (non-hydrogen) atoms. The molecule has 1 unspecified atom stereocenters. The van der Waals surface area contributed by atoms with Crippen LogP contribution in [-0.2, 0) is 10.2 Å². The number of nitrogens with two attached hydrogens (primary N) is 1. The van der Waals surface area contributed by atoms with Crippen LogP contribution in [0.15, 0.2) is 24.3 Å². The fourth-order valence-electron chi connectivity index (χ4n) is 2.14. The summed E-state index contributed by atoms with van der Waals surface area (Å²) in [4.78, 5) is 11.8. The van der Waals surface area contributed by atoms with Crippen molar-refractivity contribution in [3.8, 4) is 0 Å². The largest absolute Gasteiger partial charge is 0.481 e. The molecule has 0 saturated heterocycles. The molecular formula is C16H25NO2. The van der Waals surface area contributed by atoms with E-state index in [4.69, 9.17) is 5.73 Å². The number of rotatable bonds is 5. The molecule has 1 aromatic rings. The van der Waals surface area contributed by atoms with Gasteiger partial charge >= 0.3 is 5.97 Å². The lowest BCUT2D eigenvalue weighted by molar-refractivity contribution is -0.144. The molecule has 3 N–H and O–H groups in total. The highest BCUT2D eigenvalue weighted by Crippen LogP contribution is 2.34. The van der Waals surface area contributed by atoms with Gasteiger partial charge in [-0.2, -0.15) is 0 Å². The maximum absolute atomic E-state index is 11.8. The van der Waals surface area contributed by atoms with Crippen molar-refractivity contribution in [1.82, 2.24) is 0 Å². The van der Waals surface area contributed by atoms with Gasteiger partial charge < -0.3 is 10.8 Å². The van der Waals surface area contributed by atoms with Crippen LogP contribution in [0.2, 0.25) is 0 Å². The fourth-order valence-corrected chi connectivity index (χ4v) is 2.14. The summed E-state index contributed by atoms with van der Waals surface area (Å²) in [5.41, 5.74) is 6.88. The minimum absolute atomic E-state index is 0.0978. The molecular weight excluding hydrogens is 238 g/mol. The monoisotopic (exact) mass is 263 g/mol. The first-order valence-corrected chi connectivity index (χ1v) is 6.72. The number of hydrogen-bond donors (Lipinski definition) is 2. The van der Waals surface area contributed by atoms with Crippen LogP contribution in [-0.4, -0.2) is 17.6 Å². The van der Waals surface area contributed by atoms with Crippen molar-refractivity contribution in [1.29, 1.82) is 0 Å². The van der Waals surface area contributed by atoms with Gasteiger partial charge in [-0.25, -0.2) is 0 Å². The van der Waals surface area contributed by atoms with Gasteiger partial charge in [0.1, 0.15) is 5.41 Å². The Balaban J connectivity index is 3.12. The Labute approximate surface area is 115 Å². The average Bonchev–Trinajstić information content (AvgIpc) is 2.30. The Morgan fingerprint density at radius 3 is 2.05 bits per heavy atom. The van der Waals surface area contributed by atoms with Crippen molar-refractivity contribution >= 4 is 5.97 Å². The smallest absolute Gasteiger partial charge is 0.315 e. The minimum Gasteiger partial charge on any atom is -0.481 e. The third-order valence-corrected chi connectivity index (χ3v) is 3.66. The quantitative estimate of drug-likeness (QED) is 0.858. The third-order valence-electron chi connectivity index (χ3n) is 3.66. The van der Waals surface area contributed by atoms with Crippen LogP contribution in [0.1, 0.15) is 44.7 Å². The van der Waals surface area contributed by atoms with Crippen LogP contribution < -0.4 is 5.73 Å². The second-order valence-corrected chi connectivity index (χ2v) is 6.52. The number of benzene rings is 1. The van der Waals surface area contributed by atoms with Crippen LogP contribution in [0.3, 0.4) is 0 Å². The molecule has 0 heterocycles. The molecule has 0 bridgehead atoms. The number of carboxylic acid groups (broad SMARTS) is 1. The Bertz CT molecular complexity index is 431. The first-order chi connectivity index (χ1) is 8.71. The van der Waals surface area contributed by atoms with Crippen molar-refractivity contribution in [2.75, 3.05) is 6.54 Å². The van der Waals surface area contributed by atoms with Gasteiger partial charge in [-0.15, -0.1) is 0 Å². The van der Waals surface area contributed by atoms with Gasteiger partial charge in [0, 0.05) is 6.54 Å². The molecule has 0 spiro atoms. The lowest BCUT2D eigenvalue weighted by Crippen LogP contribution is -2.43. The number of hydrogen-bond acceptors (Lipinski definition) is 2. The second-order valence-electron chi connectivity index (χ2n) is 6.52. The van der Waals surface area contributed by atoms with Crippen LogP contribution in [0.4, 0.5) is 0 Å². The van der Waals surface area contributed by atoms with Gasteiger partial charge in [-0.05, 0) is 30.7 Å². The van der Waals surface area contributed by atoms with Crippen LogP contribution in [0, 0.1) is 12.3 Å². The van der Waals surface area contributed by atoms with E-state index in [1.807, 2.05) is 31.2 Å². The molecule has 0 amide bonds. The van der Waals surface area contributed by atoms with Crippen molar-refractivity contribution in [3.63, 3.8) is 0 Å². The Morgan fingerprint density at radius 2 is 1.68 bits per heavy atom. The van der Waals surface area contributed by atoms with Crippen LogP contribution in [0.5, 0.6) is 0 Å². The second kappa shape index (κ2) is 5.74. The van der Waals surface area contributed by atoms with E-state index >= 15 is 0 Å². The molecule has 0 aliphatic carbocycles. The summed E-state index contributed by atoms with van der Waals surface area (Å²) in [5, 5.41) is 9.66. The summed E-state index contributed by atoms with van der Waals surface area (Å²) >= 11 is 0. The summed E-state index contributed by atoms with van der Waals surface area (Å²) in [7, 11) is 0. The summed E-state index contributed by atoms with van der Waals surface area (Å²) in [6, 6.07) is 7.66. The highest BCUT2D eigenvalue weighted by atomic mass is 16.4. The summed E-state index contributed by atoms with van der Waals surface area (Å²) < 4.78 is 0. The van der Waals surface area contributed by atoms with E-state index in [1.165, 1.54) is 0 Å². The maximum atomic E-state index is 11.8. The summed E-state index contributed by atoms with van der Waals surface area (Å²) in [6.07, 6.45) is 1.38. The molecule has 0 radical (unpaired) electrons. The molecule has 0 aliphatic heterocycles. The van der Waals surface area contributed by atoms with E-state index in [1.54, 1.807) is 0 Å². The van der Waals surface area contributed by atoms with E-state index in [2.05, 4.69) is 20.8 Å². The number of carboxylic acids is 1. The molecule has 0 saturated carbocycles. The van der Waals surface area contributed by atoms with E-state index < -0.39 is 11.4 Å². The predicted molar refractivity (Wildman–Crippen MR) is 78.2 cm³/mol. The molecule has 3 heteroatoms. The predicted octanol–water partition coefficient (Wildman–Crippen LogP) is 3.10. The first kappa shape index (κ1) is 15.7. The Kier molecular flexibility index (Phi) is 4.75.